The van der Waals surface area contributed by atoms with Gasteiger partial charge in [-0.15, -0.1) is 0 Å². The predicted octanol–water partition coefficient (Wildman–Crippen LogP) is 1.77. The van der Waals surface area contributed by atoms with Crippen LogP contribution in [0, 0.1) is 10.1 Å². The normalized spacial score (nSPS) is 11.2. The Morgan fingerprint density at radius 2 is 2.06 bits per heavy atom. The van der Waals surface area contributed by atoms with Crippen molar-refractivity contribution in [2.24, 2.45) is 0 Å². The molecule has 0 amide bonds. The average Bonchev–Trinajstić information content (AvgIpc) is 2.24. The quantitative estimate of drug-likeness (QED) is 0.595. The van der Waals surface area contributed by atoms with E-state index in [1.807, 2.05) is 6.92 Å². The number of sulfonamides is 1. The van der Waals surface area contributed by atoms with Crippen LogP contribution in [0.1, 0.15) is 13.3 Å². The van der Waals surface area contributed by atoms with Crippen molar-refractivity contribution in [1.29, 1.82) is 0 Å². The van der Waals surface area contributed by atoms with Crippen LogP contribution in [0.5, 0.6) is 0 Å². The maximum atomic E-state index is 11.6. The number of benzene rings is 1. The lowest BCUT2D eigenvalue weighted by molar-refractivity contribution is -0.384. The molecule has 7 heteroatoms. The fourth-order valence-corrected chi connectivity index (χ4v) is 2.46. The van der Waals surface area contributed by atoms with Crippen molar-refractivity contribution in [3.8, 4) is 0 Å². The fraction of sp³-hybridized carbons (Fsp3) is 0.400. The summed E-state index contributed by atoms with van der Waals surface area (Å²) in [6, 6.07) is 5.61. The molecule has 0 saturated heterocycles. The number of rotatable bonds is 5. The molecule has 0 aromatic heterocycles. The van der Waals surface area contributed by atoms with E-state index in [9.17, 15) is 18.5 Å². The van der Waals surface area contributed by atoms with E-state index in [0.717, 1.165) is 6.26 Å². The van der Waals surface area contributed by atoms with E-state index in [1.165, 1.54) is 22.5 Å². The van der Waals surface area contributed by atoms with Gasteiger partial charge in [0.25, 0.3) is 5.69 Å². The van der Waals surface area contributed by atoms with Gasteiger partial charge in [0.1, 0.15) is 0 Å². The first-order valence-corrected chi connectivity index (χ1v) is 6.93. The monoisotopic (exact) mass is 258 g/mol. The Balaban J connectivity index is 3.19. The Kier molecular flexibility index (Phi) is 4.06. The van der Waals surface area contributed by atoms with Crippen molar-refractivity contribution in [3.05, 3.63) is 34.4 Å². The lowest BCUT2D eigenvalue weighted by Gasteiger charge is -2.21. The Morgan fingerprint density at radius 1 is 1.41 bits per heavy atom. The van der Waals surface area contributed by atoms with Gasteiger partial charge in [-0.3, -0.25) is 14.4 Å². The smallest absolute Gasteiger partial charge is 0.270 e. The summed E-state index contributed by atoms with van der Waals surface area (Å²) < 4.78 is 24.3. The first-order valence-electron chi connectivity index (χ1n) is 5.08. The zero-order chi connectivity index (χ0) is 13.1. The van der Waals surface area contributed by atoms with Gasteiger partial charge in [0.15, 0.2) is 0 Å². The fourth-order valence-electron chi connectivity index (χ4n) is 1.45. The van der Waals surface area contributed by atoms with E-state index < -0.39 is 14.9 Å². The number of nitro groups is 1. The molecule has 0 radical (unpaired) electrons. The minimum absolute atomic E-state index is 0.118. The molecule has 6 nitrogen and oxygen atoms in total. The molecule has 0 aliphatic carbocycles. The van der Waals surface area contributed by atoms with Crippen LogP contribution in [-0.4, -0.2) is 26.1 Å². The predicted molar refractivity (Wildman–Crippen MR) is 65.6 cm³/mol. The summed E-state index contributed by atoms with van der Waals surface area (Å²) in [4.78, 5) is 10.1. The number of non-ortho nitro benzene ring substituents is 1. The Bertz CT molecular complexity index is 513. The SMILES string of the molecule is CCCN(c1cccc([N+](=O)[O-])c1)S(C)(=O)=O. The molecule has 1 aromatic rings. The molecule has 1 aromatic carbocycles. The Morgan fingerprint density at radius 3 is 2.53 bits per heavy atom. The third-order valence-corrected chi connectivity index (χ3v) is 3.35. The molecule has 1 rings (SSSR count). The number of nitro benzene ring substituents is 1. The zero-order valence-electron chi connectivity index (χ0n) is 9.66. The second-order valence-electron chi connectivity index (χ2n) is 3.61. The van der Waals surface area contributed by atoms with Crippen LogP contribution in [-0.2, 0) is 10.0 Å². The topological polar surface area (TPSA) is 80.5 Å². The van der Waals surface area contributed by atoms with Crippen LogP contribution >= 0.6 is 0 Å². The standard InChI is InChI=1S/C10H14N2O4S/c1-3-7-11(17(2,15)16)9-5-4-6-10(8-9)12(13)14/h4-6,8H,3,7H2,1-2H3. The summed E-state index contributed by atoms with van der Waals surface area (Å²) in [5.74, 6) is 0. The van der Waals surface area contributed by atoms with Crippen molar-refractivity contribution >= 4 is 21.4 Å². The largest absolute Gasteiger partial charge is 0.271 e. The second kappa shape index (κ2) is 5.13. The van der Waals surface area contributed by atoms with Gasteiger partial charge in [-0.1, -0.05) is 13.0 Å². The average molecular weight is 258 g/mol. The molecule has 94 valence electrons. The van der Waals surface area contributed by atoms with Gasteiger partial charge >= 0.3 is 0 Å². The summed E-state index contributed by atoms with van der Waals surface area (Å²) in [6.45, 7) is 2.15. The second-order valence-corrected chi connectivity index (χ2v) is 5.52. The van der Waals surface area contributed by atoms with Crippen LogP contribution in [0.4, 0.5) is 11.4 Å². The molecule has 0 fully saturated rings. The molecular formula is C10H14N2O4S. The molecule has 0 heterocycles. The van der Waals surface area contributed by atoms with Gasteiger partial charge in [0.05, 0.1) is 16.9 Å². The van der Waals surface area contributed by atoms with Crippen molar-refractivity contribution < 1.29 is 13.3 Å². The van der Waals surface area contributed by atoms with E-state index in [2.05, 4.69) is 0 Å². The Labute approximate surface area is 100 Å². The molecule has 0 unspecified atom stereocenters. The lowest BCUT2D eigenvalue weighted by Crippen LogP contribution is -2.30. The molecule has 0 saturated carbocycles. The minimum atomic E-state index is -3.41. The van der Waals surface area contributed by atoms with Crippen molar-refractivity contribution in [1.82, 2.24) is 0 Å². The van der Waals surface area contributed by atoms with Crippen LogP contribution < -0.4 is 4.31 Å². The van der Waals surface area contributed by atoms with Gasteiger partial charge in [-0.2, -0.15) is 0 Å². The highest BCUT2D eigenvalue weighted by Gasteiger charge is 2.18. The summed E-state index contributed by atoms with van der Waals surface area (Å²) >= 11 is 0. The van der Waals surface area contributed by atoms with E-state index in [-0.39, 0.29) is 5.69 Å². The van der Waals surface area contributed by atoms with Gasteiger partial charge < -0.3 is 0 Å². The van der Waals surface area contributed by atoms with Gasteiger partial charge in [0.2, 0.25) is 10.0 Å². The maximum Gasteiger partial charge on any atom is 0.271 e. The summed E-state index contributed by atoms with van der Waals surface area (Å²) in [5.41, 5.74) is 0.204. The van der Waals surface area contributed by atoms with Crippen molar-refractivity contribution in [3.63, 3.8) is 0 Å². The molecule has 0 spiro atoms. The van der Waals surface area contributed by atoms with E-state index in [1.54, 1.807) is 6.07 Å². The molecule has 0 aliphatic heterocycles. The summed E-state index contributed by atoms with van der Waals surface area (Å²) in [5, 5.41) is 10.6. The highest BCUT2D eigenvalue weighted by atomic mass is 32.2. The molecule has 0 bridgehead atoms. The first-order chi connectivity index (χ1) is 7.86. The van der Waals surface area contributed by atoms with Gasteiger partial charge in [-0.05, 0) is 12.5 Å². The molecular weight excluding hydrogens is 244 g/mol. The highest BCUT2D eigenvalue weighted by Crippen LogP contribution is 2.23. The molecule has 17 heavy (non-hydrogen) atoms. The number of hydrogen-bond donors (Lipinski definition) is 0. The van der Waals surface area contributed by atoms with Gasteiger partial charge in [0, 0.05) is 18.7 Å². The summed E-state index contributed by atoms with van der Waals surface area (Å²) in [6.07, 6.45) is 1.72. The lowest BCUT2D eigenvalue weighted by atomic mass is 10.3. The van der Waals surface area contributed by atoms with E-state index >= 15 is 0 Å². The first kappa shape index (κ1) is 13.4. The number of hydrogen-bond acceptors (Lipinski definition) is 4. The minimum Gasteiger partial charge on any atom is -0.270 e. The number of anilines is 1. The Hall–Kier alpha value is -1.63. The molecule has 0 atom stereocenters. The van der Waals surface area contributed by atoms with Crippen molar-refractivity contribution in [2.45, 2.75) is 13.3 Å². The highest BCUT2D eigenvalue weighted by molar-refractivity contribution is 7.92. The van der Waals surface area contributed by atoms with E-state index in [0.29, 0.717) is 18.7 Å². The zero-order valence-corrected chi connectivity index (χ0v) is 10.5. The third kappa shape index (κ3) is 3.42. The van der Waals surface area contributed by atoms with Crippen LogP contribution in [0.25, 0.3) is 0 Å². The van der Waals surface area contributed by atoms with Crippen LogP contribution in [0.3, 0.4) is 0 Å². The van der Waals surface area contributed by atoms with E-state index in [4.69, 9.17) is 0 Å². The molecule has 0 aliphatic rings. The summed E-state index contributed by atoms with van der Waals surface area (Å²) in [7, 11) is -3.41. The van der Waals surface area contributed by atoms with Crippen LogP contribution in [0.2, 0.25) is 0 Å². The van der Waals surface area contributed by atoms with Crippen LogP contribution in [0.15, 0.2) is 24.3 Å². The molecule has 0 N–H and O–H groups in total. The number of nitrogens with zero attached hydrogens (tertiary/aromatic N) is 2. The van der Waals surface area contributed by atoms with Gasteiger partial charge in [-0.25, -0.2) is 8.42 Å². The van der Waals surface area contributed by atoms with Crippen molar-refractivity contribution in [2.75, 3.05) is 17.1 Å². The maximum absolute atomic E-state index is 11.6. The third-order valence-electron chi connectivity index (χ3n) is 2.16.